The van der Waals surface area contributed by atoms with Crippen molar-refractivity contribution in [1.29, 1.82) is 0 Å². The molecule has 0 radical (unpaired) electrons. The first-order valence-corrected chi connectivity index (χ1v) is 7.95. The van der Waals surface area contributed by atoms with Gasteiger partial charge in [-0.05, 0) is 43.7 Å². The number of hydrogen-bond donors (Lipinski definition) is 1. The van der Waals surface area contributed by atoms with Crippen LogP contribution in [0.2, 0.25) is 5.02 Å². The molecule has 0 aliphatic carbocycles. The van der Waals surface area contributed by atoms with Crippen molar-refractivity contribution in [3.63, 3.8) is 0 Å². The molecule has 2 rings (SSSR count). The van der Waals surface area contributed by atoms with Crippen LogP contribution >= 0.6 is 11.6 Å². The number of nitrogens with zero attached hydrogens (tertiary/aromatic N) is 1. The molecule has 0 saturated carbocycles. The van der Waals surface area contributed by atoms with E-state index in [0.29, 0.717) is 17.7 Å². The Morgan fingerprint density at radius 2 is 2.19 bits per heavy atom. The molecule has 1 heterocycles. The molecule has 0 bridgehead atoms. The molecule has 118 valence electrons. The van der Waals surface area contributed by atoms with Crippen LogP contribution in [0, 0.1) is 0 Å². The van der Waals surface area contributed by atoms with Gasteiger partial charge in [-0.3, -0.25) is 4.90 Å². The van der Waals surface area contributed by atoms with Crippen LogP contribution in [-0.2, 0) is 4.74 Å². The minimum atomic E-state index is -0.512. The van der Waals surface area contributed by atoms with Gasteiger partial charge in [0.05, 0.1) is 6.10 Å². The number of benzene rings is 1. The predicted molar refractivity (Wildman–Crippen MR) is 84.0 cm³/mol. The Hall–Kier alpha value is -0.810. The van der Waals surface area contributed by atoms with Gasteiger partial charge in [0.2, 0.25) is 0 Å². The lowest BCUT2D eigenvalue weighted by atomic mass is 10.2. The molecule has 4 nitrogen and oxygen atoms in total. The van der Waals surface area contributed by atoms with E-state index < -0.39 is 6.10 Å². The van der Waals surface area contributed by atoms with E-state index >= 15 is 0 Å². The summed E-state index contributed by atoms with van der Waals surface area (Å²) in [7, 11) is 0. The molecule has 0 amide bonds. The number of ether oxygens (including phenoxy) is 2. The molecule has 1 fully saturated rings. The third-order valence-corrected chi connectivity index (χ3v) is 3.91. The van der Waals surface area contributed by atoms with Crippen LogP contribution in [-0.4, -0.2) is 55.1 Å². The molecule has 1 N–H and O–H groups in total. The third kappa shape index (κ3) is 5.83. The first-order valence-electron chi connectivity index (χ1n) is 7.57. The van der Waals surface area contributed by atoms with Gasteiger partial charge in [0.25, 0.3) is 0 Å². The van der Waals surface area contributed by atoms with Crippen molar-refractivity contribution < 1.29 is 14.6 Å². The molecule has 1 aliphatic heterocycles. The number of aliphatic hydroxyl groups is 1. The zero-order valence-corrected chi connectivity index (χ0v) is 13.3. The highest BCUT2D eigenvalue weighted by Gasteiger charge is 2.20. The molecule has 2 unspecified atom stereocenters. The van der Waals surface area contributed by atoms with Gasteiger partial charge in [0.1, 0.15) is 18.5 Å². The van der Waals surface area contributed by atoms with Gasteiger partial charge in [-0.15, -0.1) is 0 Å². The molecule has 1 aromatic rings. The van der Waals surface area contributed by atoms with Crippen LogP contribution in [0.1, 0.15) is 19.8 Å². The summed E-state index contributed by atoms with van der Waals surface area (Å²) in [6, 6.07) is 7.16. The summed E-state index contributed by atoms with van der Waals surface area (Å²) in [5.74, 6) is 0.723. The first-order chi connectivity index (χ1) is 10.2. The Morgan fingerprint density at radius 3 is 2.81 bits per heavy atom. The summed E-state index contributed by atoms with van der Waals surface area (Å²) >= 11 is 5.82. The van der Waals surface area contributed by atoms with Gasteiger partial charge < -0.3 is 14.6 Å². The van der Waals surface area contributed by atoms with E-state index in [4.69, 9.17) is 21.1 Å². The highest BCUT2D eigenvalue weighted by Crippen LogP contribution is 2.16. The quantitative estimate of drug-likeness (QED) is 0.801. The molecule has 1 aromatic carbocycles. The van der Waals surface area contributed by atoms with Crippen LogP contribution in [0.25, 0.3) is 0 Å². The minimum absolute atomic E-state index is 0.281. The van der Waals surface area contributed by atoms with Gasteiger partial charge in [-0.25, -0.2) is 0 Å². The predicted octanol–water partition coefficient (Wildman–Crippen LogP) is 2.58. The summed E-state index contributed by atoms with van der Waals surface area (Å²) in [4.78, 5) is 2.21. The van der Waals surface area contributed by atoms with Crippen molar-refractivity contribution in [1.82, 2.24) is 4.90 Å². The lowest BCUT2D eigenvalue weighted by Crippen LogP contribution is -2.39. The fourth-order valence-electron chi connectivity index (χ4n) is 2.48. The van der Waals surface area contributed by atoms with E-state index in [0.717, 1.165) is 38.3 Å². The van der Waals surface area contributed by atoms with E-state index in [1.807, 2.05) is 0 Å². The van der Waals surface area contributed by atoms with Crippen molar-refractivity contribution in [2.45, 2.75) is 32.0 Å². The fourth-order valence-corrected chi connectivity index (χ4v) is 2.61. The number of halogens is 1. The number of hydrogen-bond acceptors (Lipinski definition) is 4. The zero-order valence-electron chi connectivity index (χ0n) is 12.5. The van der Waals surface area contributed by atoms with Crippen molar-refractivity contribution >= 4 is 11.6 Å². The fraction of sp³-hybridized carbons (Fsp3) is 0.625. The monoisotopic (exact) mass is 313 g/mol. The molecular weight excluding hydrogens is 290 g/mol. The summed E-state index contributed by atoms with van der Waals surface area (Å²) in [6.07, 6.45) is 2.06. The average molecular weight is 314 g/mol. The largest absolute Gasteiger partial charge is 0.491 e. The highest BCUT2D eigenvalue weighted by atomic mass is 35.5. The van der Waals surface area contributed by atoms with Crippen molar-refractivity contribution in [3.05, 3.63) is 29.3 Å². The smallest absolute Gasteiger partial charge is 0.119 e. The lowest BCUT2D eigenvalue weighted by Gasteiger charge is -2.26. The Kier molecular flexibility index (Phi) is 6.77. The lowest BCUT2D eigenvalue weighted by molar-refractivity contribution is 0.0365. The topological polar surface area (TPSA) is 41.9 Å². The van der Waals surface area contributed by atoms with Gasteiger partial charge in [-0.2, -0.15) is 0 Å². The van der Waals surface area contributed by atoms with Crippen LogP contribution in [0.5, 0.6) is 5.75 Å². The van der Waals surface area contributed by atoms with E-state index in [1.54, 1.807) is 24.3 Å². The molecular formula is C16H24ClNO3. The summed E-state index contributed by atoms with van der Waals surface area (Å²) in [6.45, 7) is 5.63. The summed E-state index contributed by atoms with van der Waals surface area (Å²) < 4.78 is 11.2. The maximum atomic E-state index is 10.1. The second-order valence-electron chi connectivity index (χ2n) is 5.41. The Labute approximate surface area is 131 Å². The SMILES string of the molecule is CCN(CC(O)COc1ccc(Cl)cc1)CC1CCCO1. The van der Waals surface area contributed by atoms with Crippen molar-refractivity contribution in [2.75, 3.05) is 32.8 Å². The Morgan fingerprint density at radius 1 is 1.43 bits per heavy atom. The van der Waals surface area contributed by atoms with Crippen molar-refractivity contribution in [2.24, 2.45) is 0 Å². The highest BCUT2D eigenvalue weighted by molar-refractivity contribution is 6.30. The standard InChI is InChI=1S/C16H24ClNO3/c1-2-18(11-16-4-3-9-20-16)10-14(19)12-21-15-7-5-13(17)6-8-15/h5-8,14,16,19H,2-4,9-12H2,1H3. The number of aliphatic hydroxyl groups excluding tert-OH is 1. The van der Waals surface area contributed by atoms with E-state index in [2.05, 4.69) is 11.8 Å². The van der Waals surface area contributed by atoms with Crippen LogP contribution < -0.4 is 4.74 Å². The minimum Gasteiger partial charge on any atom is -0.491 e. The van der Waals surface area contributed by atoms with E-state index in [9.17, 15) is 5.11 Å². The van der Waals surface area contributed by atoms with Crippen molar-refractivity contribution in [3.8, 4) is 5.75 Å². The molecule has 1 saturated heterocycles. The number of likely N-dealkylation sites (N-methyl/N-ethyl adjacent to an activating group) is 1. The summed E-state index contributed by atoms with van der Waals surface area (Å²) in [5.41, 5.74) is 0. The van der Waals surface area contributed by atoms with Crippen LogP contribution in [0.3, 0.4) is 0 Å². The average Bonchev–Trinajstić information content (AvgIpc) is 2.99. The molecule has 5 heteroatoms. The van der Waals surface area contributed by atoms with Gasteiger partial charge in [0, 0.05) is 24.7 Å². The van der Waals surface area contributed by atoms with E-state index in [1.165, 1.54) is 0 Å². The van der Waals surface area contributed by atoms with Crippen LogP contribution in [0.15, 0.2) is 24.3 Å². The van der Waals surface area contributed by atoms with Gasteiger partial charge in [0.15, 0.2) is 0 Å². The second-order valence-corrected chi connectivity index (χ2v) is 5.84. The Balaban J connectivity index is 1.71. The zero-order chi connectivity index (χ0) is 15.1. The summed E-state index contributed by atoms with van der Waals surface area (Å²) in [5, 5.41) is 10.8. The van der Waals surface area contributed by atoms with E-state index in [-0.39, 0.29) is 6.61 Å². The normalized spacial score (nSPS) is 19.9. The maximum absolute atomic E-state index is 10.1. The van der Waals surface area contributed by atoms with Gasteiger partial charge in [-0.1, -0.05) is 18.5 Å². The Bertz CT molecular complexity index is 406. The molecule has 2 atom stereocenters. The second kappa shape index (κ2) is 8.59. The van der Waals surface area contributed by atoms with Gasteiger partial charge >= 0.3 is 0 Å². The number of rotatable bonds is 8. The molecule has 21 heavy (non-hydrogen) atoms. The van der Waals surface area contributed by atoms with Crippen LogP contribution in [0.4, 0.5) is 0 Å². The first kappa shape index (κ1) is 16.6. The molecule has 1 aliphatic rings. The molecule has 0 spiro atoms. The third-order valence-electron chi connectivity index (χ3n) is 3.66. The molecule has 0 aromatic heterocycles. The maximum Gasteiger partial charge on any atom is 0.119 e.